The Bertz CT molecular complexity index is 747. The molecule has 3 rings (SSSR count). The first kappa shape index (κ1) is 12.2. The average Bonchev–Trinajstić information content (AvgIpc) is 3.07. The lowest BCUT2D eigenvalue weighted by Gasteiger charge is -2.04. The van der Waals surface area contributed by atoms with E-state index in [1.165, 1.54) is 0 Å². The lowest BCUT2D eigenvalue weighted by atomic mass is 10.1. The fourth-order valence-electron chi connectivity index (χ4n) is 1.91. The second-order valence-corrected chi connectivity index (χ2v) is 4.31. The van der Waals surface area contributed by atoms with Crippen LogP contribution in [-0.2, 0) is 0 Å². The van der Waals surface area contributed by atoms with Gasteiger partial charge in [-0.2, -0.15) is 10.1 Å². The fraction of sp³-hybridized carbons (Fsp3) is 0.154. The van der Waals surface area contributed by atoms with Crippen LogP contribution in [0.2, 0.25) is 0 Å². The molecule has 7 nitrogen and oxygen atoms in total. The normalized spacial score (nSPS) is 10.7. The molecule has 20 heavy (non-hydrogen) atoms. The third-order valence-corrected chi connectivity index (χ3v) is 2.91. The van der Waals surface area contributed by atoms with Crippen molar-refractivity contribution in [2.45, 2.75) is 6.92 Å². The molecule has 3 N–H and O–H groups in total. The quantitative estimate of drug-likeness (QED) is 0.755. The summed E-state index contributed by atoms with van der Waals surface area (Å²) in [7, 11) is 1.64. The van der Waals surface area contributed by atoms with Gasteiger partial charge in [0.25, 0.3) is 5.89 Å². The van der Waals surface area contributed by atoms with Crippen LogP contribution in [0.3, 0.4) is 0 Å². The van der Waals surface area contributed by atoms with Gasteiger partial charge in [0, 0.05) is 11.6 Å². The number of aryl methyl sites for hydroxylation is 1. The van der Waals surface area contributed by atoms with Crippen molar-refractivity contribution in [1.82, 2.24) is 20.3 Å². The zero-order valence-corrected chi connectivity index (χ0v) is 11.0. The first-order valence-corrected chi connectivity index (χ1v) is 5.97. The van der Waals surface area contributed by atoms with E-state index < -0.39 is 0 Å². The first-order chi connectivity index (χ1) is 9.67. The molecule has 3 aromatic rings. The smallest absolute Gasteiger partial charge is 0.276 e. The molecule has 0 spiro atoms. The summed E-state index contributed by atoms with van der Waals surface area (Å²) in [6, 6.07) is 7.32. The van der Waals surface area contributed by atoms with Gasteiger partial charge in [-0.05, 0) is 30.7 Å². The minimum Gasteiger partial charge on any atom is -0.496 e. The van der Waals surface area contributed by atoms with Crippen LogP contribution in [0.4, 0.5) is 5.82 Å². The monoisotopic (exact) mass is 271 g/mol. The van der Waals surface area contributed by atoms with Crippen LogP contribution in [0.1, 0.15) is 5.56 Å². The van der Waals surface area contributed by atoms with Crippen molar-refractivity contribution < 1.29 is 9.26 Å². The molecule has 0 unspecified atom stereocenters. The summed E-state index contributed by atoms with van der Waals surface area (Å²) < 4.78 is 10.4. The van der Waals surface area contributed by atoms with Crippen molar-refractivity contribution in [2.24, 2.45) is 0 Å². The standard InChI is InChI=1S/C13H13N5O2/c1-7-5-8(3-4-10(7)19-2)12-15-13(20-18-12)9-6-11(14)17-16-9/h3-6H,1-2H3,(H3,14,16,17). The Morgan fingerprint density at radius 1 is 1.30 bits per heavy atom. The molecule has 0 amide bonds. The number of anilines is 1. The van der Waals surface area contributed by atoms with E-state index in [9.17, 15) is 0 Å². The summed E-state index contributed by atoms with van der Waals surface area (Å²) in [6.07, 6.45) is 0. The molecule has 0 saturated carbocycles. The summed E-state index contributed by atoms with van der Waals surface area (Å²) in [5.74, 6) is 2.04. The van der Waals surface area contributed by atoms with E-state index in [-0.39, 0.29) is 0 Å². The first-order valence-electron chi connectivity index (χ1n) is 5.97. The van der Waals surface area contributed by atoms with E-state index in [0.29, 0.717) is 23.2 Å². The van der Waals surface area contributed by atoms with Crippen molar-refractivity contribution in [3.05, 3.63) is 29.8 Å². The van der Waals surface area contributed by atoms with E-state index in [4.69, 9.17) is 15.0 Å². The third-order valence-electron chi connectivity index (χ3n) is 2.91. The van der Waals surface area contributed by atoms with Crippen molar-refractivity contribution in [2.75, 3.05) is 12.8 Å². The topological polar surface area (TPSA) is 103 Å². The zero-order valence-electron chi connectivity index (χ0n) is 11.0. The van der Waals surface area contributed by atoms with Gasteiger partial charge >= 0.3 is 0 Å². The number of hydrogen-bond acceptors (Lipinski definition) is 6. The maximum absolute atomic E-state index is 5.54. The number of H-pyrrole nitrogens is 1. The number of ether oxygens (including phenoxy) is 1. The summed E-state index contributed by atoms with van der Waals surface area (Å²) in [5, 5.41) is 10.5. The predicted molar refractivity (Wildman–Crippen MR) is 73.0 cm³/mol. The predicted octanol–water partition coefficient (Wildman–Crippen LogP) is 2.03. The van der Waals surface area contributed by atoms with Gasteiger partial charge in [0.05, 0.1) is 7.11 Å². The Morgan fingerprint density at radius 3 is 2.80 bits per heavy atom. The average molecular weight is 271 g/mol. The van der Waals surface area contributed by atoms with Gasteiger partial charge in [0.2, 0.25) is 5.82 Å². The summed E-state index contributed by atoms with van der Waals surface area (Å²) in [5.41, 5.74) is 7.98. The molecular weight excluding hydrogens is 258 g/mol. The summed E-state index contributed by atoms with van der Waals surface area (Å²) in [4.78, 5) is 4.32. The highest BCUT2D eigenvalue weighted by atomic mass is 16.5. The van der Waals surface area contributed by atoms with Crippen molar-refractivity contribution in [3.8, 4) is 28.7 Å². The summed E-state index contributed by atoms with van der Waals surface area (Å²) >= 11 is 0. The van der Waals surface area contributed by atoms with Gasteiger partial charge in [-0.25, -0.2) is 0 Å². The van der Waals surface area contributed by atoms with Crippen LogP contribution in [0, 0.1) is 6.92 Å². The molecule has 2 heterocycles. The molecule has 0 bridgehead atoms. The molecule has 0 aliphatic carbocycles. The molecule has 0 fully saturated rings. The number of nitrogens with zero attached hydrogens (tertiary/aromatic N) is 3. The number of aromatic amines is 1. The van der Waals surface area contributed by atoms with E-state index in [1.807, 2.05) is 25.1 Å². The lowest BCUT2D eigenvalue weighted by molar-refractivity contribution is 0.411. The lowest BCUT2D eigenvalue weighted by Crippen LogP contribution is -1.88. The van der Waals surface area contributed by atoms with Crippen LogP contribution >= 0.6 is 0 Å². The van der Waals surface area contributed by atoms with Gasteiger partial charge in [-0.15, -0.1) is 0 Å². The van der Waals surface area contributed by atoms with E-state index in [2.05, 4.69) is 20.3 Å². The van der Waals surface area contributed by atoms with Gasteiger partial charge in [0.1, 0.15) is 17.3 Å². The van der Waals surface area contributed by atoms with Gasteiger partial charge in [-0.1, -0.05) is 5.16 Å². The van der Waals surface area contributed by atoms with E-state index in [0.717, 1.165) is 16.9 Å². The van der Waals surface area contributed by atoms with Gasteiger partial charge in [0.15, 0.2) is 0 Å². The zero-order chi connectivity index (χ0) is 14.1. The van der Waals surface area contributed by atoms with E-state index in [1.54, 1.807) is 13.2 Å². The summed E-state index contributed by atoms with van der Waals surface area (Å²) in [6.45, 7) is 1.96. The molecule has 1 aromatic carbocycles. The number of benzene rings is 1. The van der Waals surface area contributed by atoms with Crippen molar-refractivity contribution in [3.63, 3.8) is 0 Å². The molecule has 102 valence electrons. The van der Waals surface area contributed by atoms with Crippen LogP contribution in [-0.4, -0.2) is 27.4 Å². The van der Waals surface area contributed by atoms with Gasteiger partial charge in [-0.3, -0.25) is 5.10 Å². The Balaban J connectivity index is 1.95. The second kappa shape index (κ2) is 4.69. The SMILES string of the molecule is COc1ccc(-c2noc(-c3cc(N)n[nH]3)n2)cc1C. The largest absolute Gasteiger partial charge is 0.496 e. The Morgan fingerprint density at radius 2 is 2.15 bits per heavy atom. The third kappa shape index (κ3) is 2.09. The maximum Gasteiger partial charge on any atom is 0.276 e. The number of nitrogens with two attached hydrogens (primary N) is 1. The number of methoxy groups -OCH3 is 1. The number of nitrogens with one attached hydrogen (secondary N) is 1. The molecule has 0 aliphatic rings. The molecule has 2 aromatic heterocycles. The highest BCUT2D eigenvalue weighted by Gasteiger charge is 2.13. The van der Waals surface area contributed by atoms with Crippen molar-refractivity contribution >= 4 is 5.82 Å². The Kier molecular flexibility index (Phi) is 2.86. The van der Waals surface area contributed by atoms with Gasteiger partial charge < -0.3 is 15.0 Å². The minimum absolute atomic E-state index is 0.345. The maximum atomic E-state index is 5.54. The fourth-order valence-corrected chi connectivity index (χ4v) is 1.91. The molecular formula is C13H13N5O2. The Labute approximate surface area is 114 Å². The highest BCUT2D eigenvalue weighted by molar-refractivity contribution is 5.61. The molecule has 7 heteroatoms. The molecule has 0 atom stereocenters. The second-order valence-electron chi connectivity index (χ2n) is 4.31. The highest BCUT2D eigenvalue weighted by Crippen LogP contribution is 2.26. The minimum atomic E-state index is 0.345. The number of nitrogen functional groups attached to an aromatic ring is 1. The number of rotatable bonds is 3. The number of aromatic nitrogens is 4. The molecule has 0 saturated heterocycles. The Hall–Kier alpha value is -2.83. The van der Waals surface area contributed by atoms with Crippen molar-refractivity contribution in [1.29, 1.82) is 0 Å². The van der Waals surface area contributed by atoms with Crippen LogP contribution in [0.15, 0.2) is 28.8 Å². The number of hydrogen-bond donors (Lipinski definition) is 2. The molecule has 0 aliphatic heterocycles. The van der Waals surface area contributed by atoms with Crippen LogP contribution in [0.5, 0.6) is 5.75 Å². The van der Waals surface area contributed by atoms with Crippen LogP contribution < -0.4 is 10.5 Å². The van der Waals surface area contributed by atoms with E-state index >= 15 is 0 Å². The van der Waals surface area contributed by atoms with Crippen LogP contribution in [0.25, 0.3) is 23.0 Å². The molecule has 0 radical (unpaired) electrons.